The first-order valence-corrected chi connectivity index (χ1v) is 8.73. The van der Waals surface area contributed by atoms with Crippen LogP contribution in [0.5, 0.6) is 0 Å². The number of carbonyl (C=O) groups excluding carboxylic acids is 1. The Morgan fingerprint density at radius 3 is 2.50 bits per heavy atom. The van der Waals surface area contributed by atoms with Gasteiger partial charge in [-0.1, -0.05) is 23.7 Å². The molecule has 1 N–H and O–H groups in total. The highest BCUT2D eigenvalue weighted by Crippen LogP contribution is 2.47. The summed E-state index contributed by atoms with van der Waals surface area (Å²) in [4.78, 5) is 13.2. The first-order valence-electron chi connectivity index (χ1n) is 7.53. The van der Waals surface area contributed by atoms with Crippen molar-refractivity contribution in [2.24, 2.45) is 5.92 Å². The van der Waals surface area contributed by atoms with Gasteiger partial charge in [0.25, 0.3) is 0 Å². The lowest BCUT2D eigenvalue weighted by Gasteiger charge is -2.08. The number of carbonyl (C=O) groups is 1. The van der Waals surface area contributed by atoms with Crippen LogP contribution in [0.25, 0.3) is 0 Å². The van der Waals surface area contributed by atoms with Gasteiger partial charge in [0.15, 0.2) is 0 Å². The van der Waals surface area contributed by atoms with Gasteiger partial charge in [0.1, 0.15) is 0 Å². The highest BCUT2D eigenvalue weighted by Gasteiger charge is 2.44. The van der Waals surface area contributed by atoms with Crippen LogP contribution in [0.3, 0.4) is 0 Å². The van der Waals surface area contributed by atoms with E-state index in [0.29, 0.717) is 13.0 Å². The summed E-state index contributed by atoms with van der Waals surface area (Å²) < 4.78 is 38.4. The number of rotatable bonds is 5. The Hall–Kier alpha value is -1.53. The van der Waals surface area contributed by atoms with Crippen molar-refractivity contribution in [3.05, 3.63) is 56.7 Å². The average Bonchev–Trinajstić information content (AvgIpc) is 3.23. The van der Waals surface area contributed by atoms with Crippen molar-refractivity contribution in [2.45, 2.75) is 24.9 Å². The smallest absolute Gasteiger partial charge is 0.355 e. The van der Waals surface area contributed by atoms with Crippen molar-refractivity contribution in [1.29, 1.82) is 0 Å². The van der Waals surface area contributed by atoms with Crippen LogP contribution >= 0.6 is 22.9 Å². The van der Waals surface area contributed by atoms with E-state index in [1.165, 1.54) is 23.5 Å². The summed E-state index contributed by atoms with van der Waals surface area (Å²) in [5.74, 6) is -0.167. The lowest BCUT2D eigenvalue weighted by Crippen LogP contribution is -2.27. The molecular formula is C17H15ClF3NOS. The predicted octanol–water partition coefficient (Wildman–Crippen LogP) is 4.88. The van der Waals surface area contributed by atoms with Crippen LogP contribution in [-0.2, 0) is 17.4 Å². The summed E-state index contributed by atoms with van der Waals surface area (Å²) in [5, 5.41) is 2.88. The van der Waals surface area contributed by atoms with Gasteiger partial charge < -0.3 is 5.32 Å². The van der Waals surface area contributed by atoms with Crippen LogP contribution in [0.4, 0.5) is 13.2 Å². The van der Waals surface area contributed by atoms with E-state index in [0.717, 1.165) is 33.3 Å². The van der Waals surface area contributed by atoms with Gasteiger partial charge in [0.05, 0.1) is 9.90 Å². The van der Waals surface area contributed by atoms with E-state index in [1.54, 1.807) is 0 Å². The number of thiophene rings is 1. The molecule has 0 spiro atoms. The lowest BCUT2D eigenvalue weighted by molar-refractivity contribution is -0.137. The molecule has 2 atom stereocenters. The molecule has 24 heavy (non-hydrogen) atoms. The fourth-order valence-electron chi connectivity index (χ4n) is 2.70. The lowest BCUT2D eigenvalue weighted by atomic mass is 10.1. The molecule has 0 saturated heterocycles. The zero-order valence-corrected chi connectivity index (χ0v) is 14.1. The summed E-state index contributed by atoms with van der Waals surface area (Å²) in [6.07, 6.45) is -2.92. The van der Waals surface area contributed by atoms with E-state index in [2.05, 4.69) is 5.32 Å². The molecule has 1 heterocycles. The van der Waals surface area contributed by atoms with Gasteiger partial charge >= 0.3 is 6.18 Å². The van der Waals surface area contributed by atoms with Gasteiger partial charge in [0.2, 0.25) is 5.91 Å². The minimum Gasteiger partial charge on any atom is -0.355 e. The van der Waals surface area contributed by atoms with E-state index in [4.69, 9.17) is 11.6 Å². The summed E-state index contributed by atoms with van der Waals surface area (Å²) in [6.45, 7) is 0.534. The highest BCUT2D eigenvalue weighted by atomic mass is 35.5. The van der Waals surface area contributed by atoms with Crippen molar-refractivity contribution in [2.75, 3.05) is 6.54 Å². The van der Waals surface area contributed by atoms with Crippen molar-refractivity contribution in [3.63, 3.8) is 0 Å². The second-order valence-corrected chi connectivity index (χ2v) is 7.61. The van der Waals surface area contributed by atoms with Crippen molar-refractivity contribution in [3.8, 4) is 0 Å². The second-order valence-electron chi connectivity index (χ2n) is 5.82. The molecule has 2 nitrogen and oxygen atoms in total. The third-order valence-electron chi connectivity index (χ3n) is 4.09. The largest absolute Gasteiger partial charge is 0.416 e. The van der Waals surface area contributed by atoms with Crippen LogP contribution in [0.1, 0.15) is 28.3 Å². The van der Waals surface area contributed by atoms with Crippen molar-refractivity contribution < 1.29 is 18.0 Å². The van der Waals surface area contributed by atoms with Crippen molar-refractivity contribution >= 4 is 28.8 Å². The SMILES string of the molecule is O=C(NCCc1ccc(Cl)s1)C1CC1c1ccc(C(F)(F)F)cc1. The Morgan fingerprint density at radius 2 is 1.92 bits per heavy atom. The van der Waals surface area contributed by atoms with Gasteiger partial charge in [-0.05, 0) is 48.6 Å². The fraction of sp³-hybridized carbons (Fsp3) is 0.353. The molecule has 1 aliphatic rings. The molecule has 1 aliphatic carbocycles. The normalized spacial score (nSPS) is 20.0. The maximum absolute atomic E-state index is 12.6. The number of alkyl halides is 3. The molecular weight excluding hydrogens is 359 g/mol. The molecule has 1 saturated carbocycles. The summed E-state index contributed by atoms with van der Waals surface area (Å²) in [7, 11) is 0. The molecule has 1 fully saturated rings. The molecule has 7 heteroatoms. The first-order chi connectivity index (χ1) is 11.3. The van der Waals surface area contributed by atoms with E-state index >= 15 is 0 Å². The third kappa shape index (κ3) is 4.11. The van der Waals surface area contributed by atoms with Gasteiger partial charge in [0, 0.05) is 17.3 Å². The molecule has 128 valence electrons. The molecule has 1 aromatic heterocycles. The number of benzene rings is 1. The maximum atomic E-state index is 12.6. The molecule has 0 radical (unpaired) electrons. The van der Waals surface area contributed by atoms with Gasteiger partial charge in [-0.3, -0.25) is 4.79 Å². The molecule has 3 rings (SSSR count). The van der Waals surface area contributed by atoms with Crippen LogP contribution in [-0.4, -0.2) is 12.5 Å². The fourth-order valence-corrected chi connectivity index (χ4v) is 3.79. The second kappa shape index (κ2) is 6.76. The number of nitrogens with one attached hydrogen (secondary N) is 1. The predicted molar refractivity (Wildman–Crippen MR) is 88.3 cm³/mol. The van der Waals surface area contributed by atoms with Gasteiger partial charge in [-0.25, -0.2) is 0 Å². The maximum Gasteiger partial charge on any atom is 0.416 e. The topological polar surface area (TPSA) is 29.1 Å². The molecule has 1 aromatic carbocycles. The van der Waals surface area contributed by atoms with Gasteiger partial charge in [-0.2, -0.15) is 13.2 Å². The van der Waals surface area contributed by atoms with Crippen molar-refractivity contribution in [1.82, 2.24) is 5.32 Å². The monoisotopic (exact) mass is 373 g/mol. The van der Waals surface area contributed by atoms with Crippen LogP contribution < -0.4 is 5.32 Å². The quantitative estimate of drug-likeness (QED) is 0.795. The number of hydrogen-bond donors (Lipinski definition) is 1. The highest BCUT2D eigenvalue weighted by molar-refractivity contribution is 7.16. The number of halogens is 4. The molecule has 0 bridgehead atoms. The van der Waals surface area contributed by atoms with Crippen LogP contribution in [0.15, 0.2) is 36.4 Å². The van der Waals surface area contributed by atoms with E-state index in [1.807, 2.05) is 12.1 Å². The number of hydrogen-bond acceptors (Lipinski definition) is 2. The standard InChI is InChI=1S/C17H15ClF3NOS/c18-15-6-5-12(24-15)7-8-22-16(23)14-9-13(14)10-1-3-11(4-2-10)17(19,20)21/h1-6,13-14H,7-9H2,(H,22,23). The molecule has 2 unspecified atom stereocenters. The Balaban J connectivity index is 1.48. The summed E-state index contributed by atoms with van der Waals surface area (Å²) in [6, 6.07) is 8.83. The summed E-state index contributed by atoms with van der Waals surface area (Å²) >= 11 is 7.34. The first kappa shape index (κ1) is 17.3. The Kier molecular flexibility index (Phi) is 4.88. The van der Waals surface area contributed by atoms with E-state index in [-0.39, 0.29) is 17.7 Å². The van der Waals surface area contributed by atoms with E-state index < -0.39 is 11.7 Å². The molecule has 2 aromatic rings. The zero-order valence-electron chi connectivity index (χ0n) is 12.6. The molecule has 1 amide bonds. The molecule has 0 aliphatic heterocycles. The number of amides is 1. The Bertz CT molecular complexity index is 726. The zero-order chi connectivity index (χ0) is 17.3. The summed E-state index contributed by atoms with van der Waals surface area (Å²) in [5.41, 5.74) is 0.121. The van der Waals surface area contributed by atoms with Crippen LogP contribution in [0, 0.1) is 5.92 Å². The van der Waals surface area contributed by atoms with Gasteiger partial charge in [-0.15, -0.1) is 11.3 Å². The third-order valence-corrected chi connectivity index (χ3v) is 5.38. The minimum absolute atomic E-state index is 0.0171. The average molecular weight is 374 g/mol. The Morgan fingerprint density at radius 1 is 1.21 bits per heavy atom. The minimum atomic E-state index is -4.33. The Labute approximate surface area is 146 Å². The van der Waals surface area contributed by atoms with E-state index in [9.17, 15) is 18.0 Å². The van der Waals surface area contributed by atoms with Crippen LogP contribution in [0.2, 0.25) is 4.34 Å².